The molecule has 0 bridgehead atoms. The fourth-order valence-electron chi connectivity index (χ4n) is 2.44. The molecule has 0 aliphatic carbocycles. The number of aryl methyl sites for hydroxylation is 2. The molecule has 5 nitrogen and oxygen atoms in total. The van der Waals surface area contributed by atoms with Gasteiger partial charge in [0, 0.05) is 24.4 Å². The van der Waals surface area contributed by atoms with E-state index in [9.17, 15) is 8.42 Å². The Morgan fingerprint density at radius 1 is 1.33 bits per heavy atom. The number of anilines is 1. The molecule has 0 spiro atoms. The Balaban J connectivity index is 1.90. The molecule has 0 radical (unpaired) electrons. The molecular formula is C14H17N3O2S2. The van der Waals surface area contributed by atoms with Crippen molar-refractivity contribution in [2.75, 3.05) is 11.3 Å². The summed E-state index contributed by atoms with van der Waals surface area (Å²) >= 11 is 1.40. The van der Waals surface area contributed by atoms with Crippen LogP contribution in [0.15, 0.2) is 23.1 Å². The Labute approximate surface area is 128 Å². The van der Waals surface area contributed by atoms with Crippen molar-refractivity contribution in [1.29, 1.82) is 0 Å². The van der Waals surface area contributed by atoms with E-state index in [1.165, 1.54) is 11.3 Å². The van der Waals surface area contributed by atoms with Gasteiger partial charge < -0.3 is 5.32 Å². The first-order valence-corrected chi connectivity index (χ1v) is 9.05. The van der Waals surface area contributed by atoms with E-state index in [1.807, 2.05) is 13.0 Å². The molecule has 0 fully saturated rings. The van der Waals surface area contributed by atoms with Gasteiger partial charge in [0.05, 0.1) is 10.6 Å². The molecule has 2 heterocycles. The summed E-state index contributed by atoms with van der Waals surface area (Å²) in [5.74, 6) is 0. The minimum atomic E-state index is -3.58. The second-order valence-corrected chi connectivity index (χ2v) is 7.92. The van der Waals surface area contributed by atoms with E-state index in [0.29, 0.717) is 10.0 Å². The molecule has 2 aromatic rings. The van der Waals surface area contributed by atoms with Crippen molar-refractivity contribution < 1.29 is 8.42 Å². The van der Waals surface area contributed by atoms with E-state index < -0.39 is 10.0 Å². The van der Waals surface area contributed by atoms with Crippen LogP contribution in [0.3, 0.4) is 0 Å². The van der Waals surface area contributed by atoms with Crippen LogP contribution in [0.2, 0.25) is 0 Å². The molecule has 1 aliphatic heterocycles. The Morgan fingerprint density at radius 3 is 2.86 bits per heavy atom. The van der Waals surface area contributed by atoms with Crippen LogP contribution < -0.4 is 10.0 Å². The lowest BCUT2D eigenvalue weighted by atomic mass is 10.2. The number of hydrogen-bond donors (Lipinski definition) is 2. The number of thiazole rings is 1. The Bertz CT molecular complexity index is 758. The number of rotatable bonds is 3. The number of benzene rings is 1. The van der Waals surface area contributed by atoms with Crippen molar-refractivity contribution in [1.82, 2.24) is 10.3 Å². The number of nitrogens with zero attached hydrogens (tertiary/aromatic N) is 1. The van der Waals surface area contributed by atoms with E-state index in [-0.39, 0.29) is 0 Å². The van der Waals surface area contributed by atoms with Gasteiger partial charge in [-0.3, -0.25) is 4.72 Å². The summed E-state index contributed by atoms with van der Waals surface area (Å²) in [6, 6.07) is 5.31. The number of nitrogens with one attached hydrogen (secondary N) is 2. The van der Waals surface area contributed by atoms with E-state index in [2.05, 4.69) is 15.0 Å². The summed E-state index contributed by atoms with van der Waals surface area (Å²) in [6.45, 7) is 5.40. The molecule has 0 unspecified atom stereocenters. The molecule has 0 amide bonds. The second-order valence-electron chi connectivity index (χ2n) is 5.19. The zero-order valence-electron chi connectivity index (χ0n) is 11.9. The average Bonchev–Trinajstić information content (AvgIpc) is 2.79. The lowest BCUT2D eigenvalue weighted by Gasteiger charge is -2.09. The minimum absolute atomic E-state index is 0.305. The van der Waals surface area contributed by atoms with Gasteiger partial charge >= 0.3 is 0 Å². The quantitative estimate of drug-likeness (QED) is 0.908. The summed E-state index contributed by atoms with van der Waals surface area (Å²) in [7, 11) is -3.58. The standard InChI is InChI=1S/C14H17N3O2S2/c1-9-3-4-13(10(2)7-9)21(18,19)17-14-16-11-5-6-15-8-12(11)20-14/h3-4,7,15H,5-6,8H2,1-2H3,(H,16,17). The zero-order valence-corrected chi connectivity index (χ0v) is 13.6. The van der Waals surface area contributed by atoms with Crippen LogP contribution in [0.25, 0.3) is 0 Å². The smallest absolute Gasteiger partial charge is 0.263 e. The van der Waals surface area contributed by atoms with Crippen molar-refractivity contribution in [2.45, 2.75) is 31.7 Å². The molecule has 0 atom stereocenters. The maximum absolute atomic E-state index is 12.5. The van der Waals surface area contributed by atoms with Gasteiger partial charge in [-0.25, -0.2) is 13.4 Å². The predicted octanol–water partition coefficient (Wildman–Crippen LogP) is 2.21. The molecule has 1 aromatic carbocycles. The molecule has 2 N–H and O–H groups in total. The third-order valence-corrected chi connectivity index (χ3v) is 6.09. The summed E-state index contributed by atoms with van der Waals surface area (Å²) in [4.78, 5) is 5.81. The van der Waals surface area contributed by atoms with Gasteiger partial charge in [0.25, 0.3) is 10.0 Å². The third kappa shape index (κ3) is 2.95. The first-order chi connectivity index (χ1) is 9.95. The maximum atomic E-state index is 12.5. The molecule has 1 aliphatic rings. The van der Waals surface area contributed by atoms with Crippen LogP contribution in [-0.2, 0) is 23.0 Å². The molecular weight excluding hydrogens is 306 g/mol. The van der Waals surface area contributed by atoms with Crippen LogP contribution >= 0.6 is 11.3 Å². The van der Waals surface area contributed by atoms with Crippen LogP contribution in [0.1, 0.15) is 21.7 Å². The fourth-order valence-corrected chi connectivity index (χ4v) is 4.88. The highest BCUT2D eigenvalue weighted by Gasteiger charge is 2.21. The maximum Gasteiger partial charge on any atom is 0.263 e. The van der Waals surface area contributed by atoms with E-state index in [1.54, 1.807) is 19.1 Å². The average molecular weight is 323 g/mol. The molecule has 3 rings (SSSR count). The lowest BCUT2D eigenvalue weighted by molar-refractivity contribution is 0.600. The van der Waals surface area contributed by atoms with Crippen molar-refractivity contribution in [2.24, 2.45) is 0 Å². The first-order valence-electron chi connectivity index (χ1n) is 6.75. The molecule has 0 saturated carbocycles. The van der Waals surface area contributed by atoms with Gasteiger partial charge in [0.2, 0.25) is 0 Å². The fraction of sp³-hybridized carbons (Fsp3) is 0.357. The minimum Gasteiger partial charge on any atom is -0.311 e. The highest BCUT2D eigenvalue weighted by molar-refractivity contribution is 7.93. The monoisotopic (exact) mass is 323 g/mol. The predicted molar refractivity (Wildman–Crippen MR) is 84.2 cm³/mol. The molecule has 1 aromatic heterocycles. The first kappa shape index (κ1) is 14.5. The number of sulfonamides is 1. The van der Waals surface area contributed by atoms with Crippen molar-refractivity contribution in [3.63, 3.8) is 0 Å². The van der Waals surface area contributed by atoms with E-state index in [0.717, 1.165) is 41.2 Å². The summed E-state index contributed by atoms with van der Waals surface area (Å²) in [5, 5.41) is 3.71. The van der Waals surface area contributed by atoms with Crippen LogP contribution in [0.4, 0.5) is 5.13 Å². The molecule has 21 heavy (non-hydrogen) atoms. The Morgan fingerprint density at radius 2 is 2.14 bits per heavy atom. The summed E-state index contributed by atoms with van der Waals surface area (Å²) in [6.07, 6.45) is 0.844. The highest BCUT2D eigenvalue weighted by Crippen LogP contribution is 2.28. The van der Waals surface area contributed by atoms with E-state index in [4.69, 9.17) is 0 Å². The largest absolute Gasteiger partial charge is 0.311 e. The topological polar surface area (TPSA) is 71.1 Å². The van der Waals surface area contributed by atoms with Crippen LogP contribution in [0.5, 0.6) is 0 Å². The van der Waals surface area contributed by atoms with Gasteiger partial charge in [-0.15, -0.1) is 0 Å². The summed E-state index contributed by atoms with van der Waals surface area (Å²) < 4.78 is 27.6. The highest BCUT2D eigenvalue weighted by atomic mass is 32.2. The van der Waals surface area contributed by atoms with Gasteiger partial charge in [-0.05, 0) is 25.5 Å². The Hall–Kier alpha value is -1.44. The second kappa shape index (κ2) is 5.40. The SMILES string of the molecule is Cc1ccc(S(=O)(=O)Nc2nc3c(s2)CNCC3)c(C)c1. The van der Waals surface area contributed by atoms with Crippen molar-refractivity contribution in [3.8, 4) is 0 Å². The zero-order chi connectivity index (χ0) is 15.0. The van der Waals surface area contributed by atoms with Crippen molar-refractivity contribution >= 4 is 26.5 Å². The van der Waals surface area contributed by atoms with Crippen LogP contribution in [-0.4, -0.2) is 19.9 Å². The van der Waals surface area contributed by atoms with Gasteiger partial charge in [0.15, 0.2) is 5.13 Å². The van der Waals surface area contributed by atoms with Gasteiger partial charge in [-0.2, -0.15) is 0 Å². The number of hydrogen-bond acceptors (Lipinski definition) is 5. The Kier molecular flexibility index (Phi) is 3.73. The van der Waals surface area contributed by atoms with E-state index >= 15 is 0 Å². The van der Waals surface area contributed by atoms with Crippen molar-refractivity contribution in [3.05, 3.63) is 39.9 Å². The number of fused-ring (bicyclic) bond motifs is 1. The normalized spacial score (nSPS) is 14.8. The van der Waals surface area contributed by atoms with Crippen LogP contribution in [0, 0.1) is 13.8 Å². The third-order valence-electron chi connectivity index (χ3n) is 3.44. The lowest BCUT2D eigenvalue weighted by Crippen LogP contribution is -2.22. The van der Waals surface area contributed by atoms with Gasteiger partial charge in [0.1, 0.15) is 0 Å². The molecule has 0 saturated heterocycles. The molecule has 112 valence electrons. The molecule has 7 heteroatoms. The summed E-state index contributed by atoms with van der Waals surface area (Å²) in [5.41, 5.74) is 2.78. The van der Waals surface area contributed by atoms with Gasteiger partial charge in [-0.1, -0.05) is 29.0 Å². The number of aromatic nitrogens is 1.